The Morgan fingerprint density at radius 3 is 1.22 bits per heavy atom. The zero-order valence-electron chi connectivity index (χ0n) is 43.5. The van der Waals surface area contributed by atoms with Gasteiger partial charge in [0.2, 0.25) is 0 Å². The average Bonchev–Trinajstić information content (AvgIpc) is 3.41. The van der Waals surface area contributed by atoms with Crippen molar-refractivity contribution >= 4 is 0 Å². The normalized spacial score (nSPS) is 46.8. The van der Waals surface area contributed by atoms with Gasteiger partial charge in [0.05, 0.1) is 51.8 Å². The monoisotopic (exact) mass is 1120 g/mol. The lowest BCUT2D eigenvalue weighted by Gasteiger charge is -2.47. The molecule has 6 aliphatic rings. The van der Waals surface area contributed by atoms with E-state index < -0.39 is 198 Å². The lowest BCUT2D eigenvalue weighted by molar-refractivity contribution is -0.378. The van der Waals surface area contributed by atoms with Crippen molar-refractivity contribution in [3.8, 4) is 0 Å². The van der Waals surface area contributed by atoms with Gasteiger partial charge in [-0.25, -0.2) is 0 Å². The lowest BCUT2D eigenvalue weighted by atomic mass is 9.97. The highest BCUT2D eigenvalue weighted by Crippen LogP contribution is 2.35. The van der Waals surface area contributed by atoms with Crippen LogP contribution in [0.3, 0.4) is 0 Å². The van der Waals surface area contributed by atoms with Gasteiger partial charge in [0.25, 0.3) is 0 Å². The molecule has 0 aromatic heterocycles. The number of hydrogen-bond donors (Lipinski definition) is 16. The molecule has 446 valence electrons. The van der Waals surface area contributed by atoms with Gasteiger partial charge in [-0.2, -0.15) is 0 Å². The molecule has 0 unspecified atom stereocenters. The van der Waals surface area contributed by atoms with Gasteiger partial charge in [-0.1, -0.05) is 34.9 Å². The first kappa shape index (κ1) is 64.3. The molecule has 0 radical (unpaired) electrons. The van der Waals surface area contributed by atoms with E-state index in [0.717, 1.165) is 16.7 Å². The molecule has 28 nitrogen and oxygen atoms in total. The molecule has 0 aromatic carbocycles. The highest BCUT2D eigenvalue weighted by molar-refractivity contribution is 5.07. The van der Waals surface area contributed by atoms with E-state index in [9.17, 15) is 81.7 Å². The first-order valence-electron chi connectivity index (χ1n) is 25.9. The minimum Gasteiger partial charge on any atom is -0.394 e. The molecule has 28 heteroatoms. The van der Waals surface area contributed by atoms with Gasteiger partial charge in [0.15, 0.2) is 37.7 Å². The summed E-state index contributed by atoms with van der Waals surface area (Å²) in [6, 6.07) is 0. The minimum absolute atomic E-state index is 0.0458. The van der Waals surface area contributed by atoms with Crippen LogP contribution in [-0.2, 0) is 56.8 Å². The quantitative estimate of drug-likeness (QED) is 0.0448. The molecular weight excluding hydrogens is 1040 g/mol. The van der Waals surface area contributed by atoms with Gasteiger partial charge >= 0.3 is 0 Å². The van der Waals surface area contributed by atoms with E-state index in [1.807, 2.05) is 19.9 Å². The second-order valence-electron chi connectivity index (χ2n) is 20.6. The van der Waals surface area contributed by atoms with E-state index in [2.05, 4.69) is 6.08 Å². The van der Waals surface area contributed by atoms with E-state index >= 15 is 0 Å². The minimum atomic E-state index is -1.80. The smallest absolute Gasteiger partial charge is 0.187 e. The summed E-state index contributed by atoms with van der Waals surface area (Å²) in [5.41, 5.74) is 2.75. The molecule has 6 saturated heterocycles. The van der Waals surface area contributed by atoms with Crippen LogP contribution in [0.25, 0.3) is 0 Å². The van der Waals surface area contributed by atoms with E-state index in [-0.39, 0.29) is 13.2 Å². The maximum absolute atomic E-state index is 11.3. The topological polar surface area (TPSA) is 434 Å². The molecule has 77 heavy (non-hydrogen) atoms. The molecule has 6 fully saturated rings. The largest absolute Gasteiger partial charge is 0.394 e. The molecule has 6 aliphatic heterocycles. The fourth-order valence-electron chi connectivity index (χ4n) is 9.48. The Kier molecular flexibility index (Phi) is 24.5. The lowest BCUT2D eigenvalue weighted by Crippen LogP contribution is -2.65. The van der Waals surface area contributed by atoms with Crippen molar-refractivity contribution in [3.05, 3.63) is 34.9 Å². The van der Waals surface area contributed by atoms with Crippen LogP contribution in [0.15, 0.2) is 34.9 Å². The number of hydrogen-bond acceptors (Lipinski definition) is 28. The van der Waals surface area contributed by atoms with Gasteiger partial charge in [-0.05, 0) is 60.3 Å². The number of allylic oxidation sites excluding steroid dienone is 4. The van der Waals surface area contributed by atoms with Crippen LogP contribution in [0.5, 0.6) is 0 Å². The summed E-state index contributed by atoms with van der Waals surface area (Å²) in [6.45, 7) is 6.23. The Morgan fingerprint density at radius 1 is 0.403 bits per heavy atom. The second-order valence-corrected chi connectivity index (χ2v) is 20.6. The first-order chi connectivity index (χ1) is 36.5. The maximum Gasteiger partial charge on any atom is 0.187 e. The van der Waals surface area contributed by atoms with Crippen molar-refractivity contribution in [1.29, 1.82) is 0 Å². The average molecular weight is 1120 g/mol. The molecule has 0 aliphatic carbocycles. The van der Waals surface area contributed by atoms with Gasteiger partial charge in [0, 0.05) is 0 Å². The zero-order valence-corrected chi connectivity index (χ0v) is 43.5. The van der Waals surface area contributed by atoms with E-state index in [0.29, 0.717) is 25.7 Å². The van der Waals surface area contributed by atoms with Crippen LogP contribution >= 0.6 is 0 Å². The molecule has 0 aromatic rings. The SMILES string of the molecule is C/C(=C\CC/C(C)=C/CO[C@H]1O[C@@H](CO)[C@H](O)[C@@H](O)[C@@H]1O[C@@H]1O[C@H](C)[C@@H](O)[C@H](O[C@H]2OC[C@H](O)[C@@H](O)[C@@H]2O)[C@H]1O)CC/C=C(\C)CO[C@H]1O[C@@H](CO)[C@H](O)[C@@H](O)[C@@H]1O[C@H]1O[C@@H](C)[C@H](O)[C@@H](O[C@H]2OC[C@H](O)[C@@H](O)[C@@H]2O)[C@@H]1O. The van der Waals surface area contributed by atoms with E-state index in [4.69, 9.17) is 56.8 Å². The number of aliphatic hydroxyl groups excluding tert-OH is 16. The fourth-order valence-corrected chi connectivity index (χ4v) is 9.48. The van der Waals surface area contributed by atoms with Crippen LogP contribution in [0, 0.1) is 0 Å². The Bertz CT molecular complexity index is 1880. The predicted octanol–water partition coefficient (Wildman–Crippen LogP) is -6.35. The molecule has 0 bridgehead atoms. The molecular formula is C49H82O28. The molecule has 28 atom stereocenters. The predicted molar refractivity (Wildman–Crippen MR) is 255 cm³/mol. The maximum atomic E-state index is 11.3. The van der Waals surface area contributed by atoms with Gasteiger partial charge < -0.3 is 139 Å². The summed E-state index contributed by atoms with van der Waals surface area (Å²) >= 11 is 0. The summed E-state index contributed by atoms with van der Waals surface area (Å²) in [5.74, 6) is 0. The van der Waals surface area contributed by atoms with Crippen molar-refractivity contribution in [3.63, 3.8) is 0 Å². The third kappa shape index (κ3) is 16.0. The summed E-state index contributed by atoms with van der Waals surface area (Å²) in [4.78, 5) is 0. The number of rotatable bonds is 22. The van der Waals surface area contributed by atoms with E-state index in [1.54, 1.807) is 13.0 Å². The summed E-state index contributed by atoms with van der Waals surface area (Å²) < 4.78 is 68.6. The third-order valence-corrected chi connectivity index (χ3v) is 14.5. The van der Waals surface area contributed by atoms with Crippen molar-refractivity contribution in [1.82, 2.24) is 0 Å². The molecule has 6 heterocycles. The first-order valence-corrected chi connectivity index (χ1v) is 25.9. The Morgan fingerprint density at radius 2 is 0.792 bits per heavy atom. The van der Waals surface area contributed by atoms with Crippen molar-refractivity contribution in [2.45, 2.75) is 232 Å². The van der Waals surface area contributed by atoms with Crippen LogP contribution in [-0.4, -0.2) is 293 Å². The molecule has 0 saturated carbocycles. The van der Waals surface area contributed by atoms with Gasteiger partial charge in [0.1, 0.15) is 122 Å². The summed E-state index contributed by atoms with van der Waals surface area (Å²) in [5, 5.41) is 168. The van der Waals surface area contributed by atoms with Crippen molar-refractivity contribution < 1.29 is 139 Å². The third-order valence-electron chi connectivity index (χ3n) is 14.5. The highest BCUT2D eigenvalue weighted by Gasteiger charge is 2.55. The fraction of sp³-hybridized carbons (Fsp3) is 0.878. The molecule has 0 amide bonds. The van der Waals surface area contributed by atoms with Crippen LogP contribution < -0.4 is 0 Å². The van der Waals surface area contributed by atoms with Gasteiger partial charge in [-0.3, -0.25) is 0 Å². The van der Waals surface area contributed by atoms with Crippen molar-refractivity contribution in [2.75, 3.05) is 39.6 Å². The molecule has 16 N–H and O–H groups in total. The second kappa shape index (κ2) is 29.4. The highest BCUT2D eigenvalue weighted by atomic mass is 16.8. The van der Waals surface area contributed by atoms with Crippen LogP contribution in [0.1, 0.15) is 60.3 Å². The Balaban J connectivity index is 0.975. The Hall–Kier alpha value is -1.90. The Labute approximate surface area is 444 Å². The zero-order chi connectivity index (χ0) is 56.6. The molecule has 0 spiro atoms. The van der Waals surface area contributed by atoms with Gasteiger partial charge in [-0.15, -0.1) is 0 Å². The van der Waals surface area contributed by atoms with Crippen molar-refractivity contribution in [2.24, 2.45) is 0 Å². The summed E-state index contributed by atoms with van der Waals surface area (Å²) in [6.07, 6.45) is -34.5. The number of aliphatic hydroxyl groups is 16. The standard InChI is InChI=1S/C49H82O28/c1-19(9-7-11-21(3)16-67-49-43(35(61)33(59)27(15-51)73-49)77-47-39(65)41(29(55)23(5)71-47)75-45-37(63)31(57)25(53)18-69-45)8-6-10-20(2)12-13-66-48-42(34(60)32(58)26(14-50)72-48)76-46-38(64)40(28(54)22(4)70-46)74-44-36(62)30(56)24(52)17-68-44/h8,11-12,22-65H,6-7,9-10,13-18H2,1-5H3/b19-8+,20-12+,21-11+/t22-,23+,24+,25+,26+,27+,28-,29+,30-,31-,32+,33+,34-,35-,36+,37+,38-,39+,40+,41-,42+,43+,44-,45-,46+,47-,48+,49+/m1/s1. The van der Waals surface area contributed by atoms with Crippen LogP contribution in [0.4, 0.5) is 0 Å². The summed E-state index contributed by atoms with van der Waals surface area (Å²) in [7, 11) is 0. The van der Waals surface area contributed by atoms with Crippen LogP contribution in [0.2, 0.25) is 0 Å². The number of ether oxygens (including phenoxy) is 12. The molecule has 6 rings (SSSR count). The van der Waals surface area contributed by atoms with E-state index in [1.165, 1.54) is 13.8 Å².